The lowest BCUT2D eigenvalue weighted by molar-refractivity contribution is -0.269. The molecule has 5 rings (SSSR count). The zero-order valence-corrected chi connectivity index (χ0v) is 19.9. The number of ether oxygens (including phenoxy) is 2. The fourth-order valence-electron chi connectivity index (χ4n) is 7.95. The van der Waals surface area contributed by atoms with Gasteiger partial charge in [-0.1, -0.05) is 19.9 Å². The molecule has 0 bridgehead atoms. The van der Waals surface area contributed by atoms with Gasteiger partial charge >= 0.3 is 0 Å². The summed E-state index contributed by atoms with van der Waals surface area (Å²) in [5.74, 6) is 1.43. The van der Waals surface area contributed by atoms with E-state index >= 15 is 0 Å². The fourth-order valence-corrected chi connectivity index (χ4v) is 8.79. The number of fused-ring (bicyclic) bond motifs is 5. The molecule has 3 fully saturated rings. The van der Waals surface area contributed by atoms with Crippen LogP contribution in [0.4, 0.5) is 0 Å². The van der Waals surface area contributed by atoms with Crippen molar-refractivity contribution in [3.8, 4) is 0 Å². The number of hydrogen-bond acceptors (Lipinski definition) is 6. The lowest BCUT2D eigenvalue weighted by Crippen LogP contribution is -2.66. The molecule has 2 N–H and O–H groups in total. The third kappa shape index (κ3) is 2.91. The largest absolute Gasteiger partial charge is 0.393 e. The van der Waals surface area contributed by atoms with Crippen molar-refractivity contribution in [3.63, 3.8) is 0 Å². The highest BCUT2D eigenvalue weighted by atomic mass is 32.1. The number of aliphatic hydroxyl groups is 2. The van der Waals surface area contributed by atoms with Gasteiger partial charge in [-0.2, -0.15) is 0 Å². The Morgan fingerprint density at radius 1 is 1.13 bits per heavy atom. The van der Waals surface area contributed by atoms with Crippen LogP contribution in [0.3, 0.4) is 0 Å². The first-order valence-electron chi connectivity index (χ1n) is 12.0. The van der Waals surface area contributed by atoms with E-state index in [1.165, 1.54) is 11.3 Å². The average Bonchev–Trinajstić information content (AvgIpc) is 3.36. The Bertz CT molecular complexity index is 829. The molecular weight excluding hydrogens is 410 g/mol. The SMILES string of the molecule is CCOCO[C@@]12C=CC(O)(c3nccs3)[C@@]1(C)CC[C@@H]1[C@H]2CCC2CC(O)CC[C@@]21C. The number of aromatic nitrogens is 1. The first-order valence-corrected chi connectivity index (χ1v) is 12.9. The fraction of sp³-hybridized carbons (Fsp3) is 0.800. The van der Waals surface area contributed by atoms with E-state index in [1.807, 2.05) is 18.4 Å². The molecule has 0 spiro atoms. The van der Waals surface area contributed by atoms with Gasteiger partial charge in [0.25, 0.3) is 0 Å². The van der Waals surface area contributed by atoms with Crippen molar-refractivity contribution in [2.75, 3.05) is 13.4 Å². The van der Waals surface area contributed by atoms with Crippen LogP contribution >= 0.6 is 11.3 Å². The van der Waals surface area contributed by atoms with Crippen molar-refractivity contribution in [2.24, 2.45) is 28.6 Å². The van der Waals surface area contributed by atoms with Gasteiger partial charge in [0.05, 0.1) is 6.10 Å². The Hall–Kier alpha value is -0.790. The van der Waals surface area contributed by atoms with Crippen molar-refractivity contribution in [1.29, 1.82) is 0 Å². The Morgan fingerprint density at radius 3 is 2.71 bits per heavy atom. The topological polar surface area (TPSA) is 71.8 Å². The van der Waals surface area contributed by atoms with E-state index in [2.05, 4.69) is 24.9 Å². The third-order valence-electron chi connectivity index (χ3n) is 9.79. The van der Waals surface area contributed by atoms with Gasteiger partial charge in [0, 0.05) is 23.6 Å². The molecule has 4 aliphatic rings. The van der Waals surface area contributed by atoms with Crippen LogP contribution in [-0.2, 0) is 15.1 Å². The van der Waals surface area contributed by atoms with Gasteiger partial charge in [-0.3, -0.25) is 0 Å². The Labute approximate surface area is 189 Å². The number of thiazole rings is 1. The molecule has 0 amide bonds. The van der Waals surface area contributed by atoms with Crippen molar-refractivity contribution in [1.82, 2.24) is 4.98 Å². The second-order valence-corrected chi connectivity index (χ2v) is 11.7. The third-order valence-corrected chi connectivity index (χ3v) is 10.7. The van der Waals surface area contributed by atoms with Crippen LogP contribution in [0.2, 0.25) is 0 Å². The van der Waals surface area contributed by atoms with Gasteiger partial charge < -0.3 is 19.7 Å². The summed E-state index contributed by atoms with van der Waals surface area (Å²) in [5, 5.41) is 25.1. The molecule has 3 saturated carbocycles. The van der Waals surface area contributed by atoms with E-state index in [-0.39, 0.29) is 18.3 Å². The Morgan fingerprint density at radius 2 is 1.97 bits per heavy atom. The predicted molar refractivity (Wildman–Crippen MR) is 120 cm³/mol. The Balaban J connectivity index is 1.56. The number of hydrogen-bond donors (Lipinski definition) is 2. The van der Waals surface area contributed by atoms with Crippen LogP contribution in [-0.4, -0.2) is 40.3 Å². The van der Waals surface area contributed by atoms with Gasteiger partial charge in [0.15, 0.2) is 0 Å². The van der Waals surface area contributed by atoms with E-state index in [1.54, 1.807) is 6.20 Å². The summed E-state index contributed by atoms with van der Waals surface area (Å²) in [6, 6.07) is 0. The van der Waals surface area contributed by atoms with E-state index in [0.29, 0.717) is 24.4 Å². The molecule has 4 aliphatic carbocycles. The van der Waals surface area contributed by atoms with Crippen LogP contribution < -0.4 is 0 Å². The lowest BCUT2D eigenvalue weighted by atomic mass is 9.42. The maximum Gasteiger partial charge on any atom is 0.147 e. The zero-order chi connectivity index (χ0) is 21.9. The second kappa shape index (κ2) is 7.63. The minimum absolute atomic E-state index is 0.145. The highest BCUT2D eigenvalue weighted by molar-refractivity contribution is 7.09. The molecule has 8 atom stereocenters. The smallest absolute Gasteiger partial charge is 0.147 e. The summed E-state index contributed by atoms with van der Waals surface area (Å²) >= 11 is 1.52. The molecule has 172 valence electrons. The van der Waals surface area contributed by atoms with Crippen molar-refractivity contribution in [2.45, 2.75) is 83.0 Å². The maximum absolute atomic E-state index is 12.1. The van der Waals surface area contributed by atoms with E-state index < -0.39 is 16.6 Å². The van der Waals surface area contributed by atoms with Gasteiger partial charge in [-0.05, 0) is 81.1 Å². The minimum atomic E-state index is -1.13. The van der Waals surface area contributed by atoms with Crippen molar-refractivity contribution < 1.29 is 19.7 Å². The summed E-state index contributed by atoms with van der Waals surface area (Å²) in [6.07, 6.45) is 12.8. The van der Waals surface area contributed by atoms with Crippen molar-refractivity contribution >= 4 is 11.3 Å². The monoisotopic (exact) mass is 447 g/mol. The molecule has 1 heterocycles. The summed E-state index contributed by atoms with van der Waals surface area (Å²) in [5.41, 5.74) is -1.97. The molecule has 0 aromatic carbocycles. The molecule has 31 heavy (non-hydrogen) atoms. The summed E-state index contributed by atoms with van der Waals surface area (Å²) in [4.78, 5) is 4.53. The highest BCUT2D eigenvalue weighted by Gasteiger charge is 2.71. The normalized spacial score (nSPS) is 48.8. The maximum atomic E-state index is 12.1. The van der Waals surface area contributed by atoms with Crippen LogP contribution in [0, 0.1) is 28.6 Å². The zero-order valence-electron chi connectivity index (χ0n) is 19.0. The number of nitrogens with zero attached hydrogens (tertiary/aromatic N) is 1. The van der Waals surface area contributed by atoms with Crippen LogP contribution in [0.1, 0.15) is 70.7 Å². The molecule has 5 nitrogen and oxygen atoms in total. The molecule has 1 aromatic rings. The average molecular weight is 448 g/mol. The molecule has 0 saturated heterocycles. The van der Waals surface area contributed by atoms with Crippen LogP contribution in [0.5, 0.6) is 0 Å². The van der Waals surface area contributed by atoms with Crippen LogP contribution in [0.15, 0.2) is 23.7 Å². The molecule has 1 aromatic heterocycles. The second-order valence-electron chi connectivity index (χ2n) is 10.8. The van der Waals surface area contributed by atoms with E-state index in [0.717, 1.165) is 50.0 Å². The summed E-state index contributed by atoms with van der Waals surface area (Å²) in [6.45, 7) is 7.51. The lowest BCUT2D eigenvalue weighted by Gasteiger charge is -2.65. The van der Waals surface area contributed by atoms with Crippen molar-refractivity contribution in [3.05, 3.63) is 28.7 Å². The van der Waals surface area contributed by atoms with Gasteiger partial charge in [0.1, 0.15) is 23.0 Å². The highest BCUT2D eigenvalue weighted by Crippen LogP contribution is 2.70. The molecule has 0 aliphatic heterocycles. The number of rotatable bonds is 5. The van der Waals surface area contributed by atoms with E-state index in [4.69, 9.17) is 9.47 Å². The Kier molecular flexibility index (Phi) is 5.42. The first-order chi connectivity index (χ1) is 14.8. The van der Waals surface area contributed by atoms with Gasteiger partial charge in [0.2, 0.25) is 0 Å². The summed E-state index contributed by atoms with van der Waals surface area (Å²) in [7, 11) is 0. The predicted octanol–water partition coefficient (Wildman–Crippen LogP) is 4.64. The molecule has 0 radical (unpaired) electrons. The standard InChI is InChI=1S/C25H37NO4S/c1-4-29-16-30-25-12-11-24(28,21-26-13-14-31-21)23(25,3)10-8-19-20(25)6-5-17-15-18(27)7-9-22(17,19)2/h11-14,17-20,27-28H,4-10,15-16H2,1-3H3/t17?,18?,19-,20-,22+,23-,24?,25-/m1/s1. The minimum Gasteiger partial charge on any atom is -0.393 e. The van der Waals surface area contributed by atoms with E-state index in [9.17, 15) is 10.2 Å². The van der Waals surface area contributed by atoms with Gasteiger partial charge in [-0.15, -0.1) is 11.3 Å². The molecule has 3 unspecified atom stereocenters. The quantitative estimate of drug-likeness (QED) is 0.391. The molecular formula is C25H37NO4S. The first kappa shape index (κ1) is 22.0. The number of aliphatic hydroxyl groups excluding tert-OH is 1. The van der Waals surface area contributed by atoms with Crippen LogP contribution in [0.25, 0.3) is 0 Å². The van der Waals surface area contributed by atoms with Gasteiger partial charge in [-0.25, -0.2) is 4.98 Å². The summed E-state index contributed by atoms with van der Waals surface area (Å²) < 4.78 is 12.4. The molecule has 6 heteroatoms.